The molecule has 1 aromatic heterocycles. The SMILES string of the molecule is CCCCc1nc(Cl)c(C=O)n1Cc1ccc(C(C(=O)NC(C(=O)OC)c2ccccc2O)C2CCCC2)cc1. The fraction of sp³-hybridized carbons (Fsp3) is 0.419. The third-order valence-corrected chi connectivity index (χ3v) is 7.99. The molecule has 1 amide bonds. The maximum absolute atomic E-state index is 13.8. The minimum absolute atomic E-state index is 0.0902. The Hall–Kier alpha value is -3.65. The number of carbonyl (C=O) groups excluding carboxylic acids is 3. The van der Waals surface area contributed by atoms with Crippen molar-refractivity contribution >= 4 is 29.8 Å². The van der Waals surface area contributed by atoms with Crippen LogP contribution in [0.4, 0.5) is 0 Å². The molecular weight excluding hydrogens is 530 g/mol. The van der Waals surface area contributed by atoms with Crippen LogP contribution in [0.5, 0.6) is 5.75 Å². The second-order valence-electron chi connectivity index (χ2n) is 10.3. The quantitative estimate of drug-likeness (QED) is 0.214. The van der Waals surface area contributed by atoms with Gasteiger partial charge in [-0.25, -0.2) is 9.78 Å². The highest BCUT2D eigenvalue weighted by Gasteiger charge is 2.35. The minimum Gasteiger partial charge on any atom is -0.508 e. The van der Waals surface area contributed by atoms with Crippen LogP contribution in [0.3, 0.4) is 0 Å². The molecule has 1 fully saturated rings. The first kappa shape index (κ1) is 29.3. The molecule has 2 unspecified atom stereocenters. The van der Waals surface area contributed by atoms with Crippen LogP contribution in [-0.2, 0) is 27.3 Å². The van der Waals surface area contributed by atoms with Gasteiger partial charge in [0.1, 0.15) is 17.3 Å². The van der Waals surface area contributed by atoms with Gasteiger partial charge in [0.25, 0.3) is 0 Å². The molecule has 0 aliphatic heterocycles. The van der Waals surface area contributed by atoms with Crippen molar-refractivity contribution in [1.29, 1.82) is 0 Å². The number of unbranched alkanes of at least 4 members (excludes halogenated alkanes) is 1. The molecule has 0 radical (unpaired) electrons. The molecule has 1 aliphatic carbocycles. The highest BCUT2D eigenvalue weighted by atomic mass is 35.5. The Kier molecular flexibility index (Phi) is 9.98. The molecule has 9 heteroatoms. The lowest BCUT2D eigenvalue weighted by atomic mass is 9.83. The Labute approximate surface area is 239 Å². The van der Waals surface area contributed by atoms with E-state index in [0.29, 0.717) is 12.2 Å². The molecule has 2 aromatic carbocycles. The molecule has 212 valence electrons. The maximum Gasteiger partial charge on any atom is 0.333 e. The van der Waals surface area contributed by atoms with Crippen molar-refractivity contribution in [2.45, 2.75) is 70.4 Å². The zero-order chi connectivity index (χ0) is 28.6. The van der Waals surface area contributed by atoms with E-state index in [1.165, 1.54) is 13.2 Å². The van der Waals surface area contributed by atoms with E-state index in [4.69, 9.17) is 16.3 Å². The van der Waals surface area contributed by atoms with Crippen LogP contribution in [-0.4, -0.2) is 39.9 Å². The number of nitrogens with one attached hydrogen (secondary N) is 1. The third kappa shape index (κ3) is 6.55. The van der Waals surface area contributed by atoms with Gasteiger partial charge in [-0.05, 0) is 42.4 Å². The average Bonchev–Trinajstić information content (AvgIpc) is 3.59. The van der Waals surface area contributed by atoms with Gasteiger partial charge in [0.15, 0.2) is 17.5 Å². The summed E-state index contributed by atoms with van der Waals surface area (Å²) in [4.78, 5) is 42.6. The van der Waals surface area contributed by atoms with Gasteiger partial charge in [-0.15, -0.1) is 0 Å². The predicted molar refractivity (Wildman–Crippen MR) is 152 cm³/mol. The summed E-state index contributed by atoms with van der Waals surface area (Å²) in [6.45, 7) is 2.53. The van der Waals surface area contributed by atoms with Gasteiger partial charge in [0.2, 0.25) is 5.91 Å². The van der Waals surface area contributed by atoms with Crippen LogP contribution < -0.4 is 5.32 Å². The van der Waals surface area contributed by atoms with E-state index >= 15 is 0 Å². The lowest BCUT2D eigenvalue weighted by molar-refractivity contribution is -0.145. The standard InChI is InChI=1S/C31H36ClN3O5/c1-3-4-13-26-33-29(32)24(19-36)35(26)18-20-14-16-22(17-15-20)27(21-9-5-6-10-21)30(38)34-28(31(39)40-2)23-11-7-8-12-25(23)37/h7-8,11-12,14-17,19,21,27-28,37H,3-6,9-10,13,18H2,1-2H3,(H,34,38). The number of benzene rings is 2. The van der Waals surface area contributed by atoms with Crippen molar-refractivity contribution < 1.29 is 24.2 Å². The summed E-state index contributed by atoms with van der Waals surface area (Å²) >= 11 is 6.24. The van der Waals surface area contributed by atoms with Crippen LogP contribution in [0.15, 0.2) is 48.5 Å². The number of rotatable bonds is 12. The number of carbonyl (C=O) groups is 3. The minimum atomic E-state index is -1.13. The molecule has 2 atom stereocenters. The molecule has 0 spiro atoms. The number of aromatic nitrogens is 2. The number of aldehydes is 1. The highest BCUT2D eigenvalue weighted by molar-refractivity contribution is 6.31. The van der Waals surface area contributed by atoms with Crippen molar-refractivity contribution in [3.8, 4) is 5.75 Å². The van der Waals surface area contributed by atoms with Gasteiger partial charge in [-0.1, -0.05) is 80.3 Å². The molecule has 1 saturated carbocycles. The number of phenolic OH excluding ortho intramolecular Hbond substituents is 1. The molecule has 40 heavy (non-hydrogen) atoms. The Morgan fingerprint density at radius 2 is 1.88 bits per heavy atom. The second-order valence-corrected chi connectivity index (χ2v) is 10.7. The molecule has 0 saturated heterocycles. The normalized spacial score (nSPS) is 15.0. The molecule has 1 aliphatic rings. The van der Waals surface area contributed by atoms with Gasteiger partial charge in [0.05, 0.1) is 13.0 Å². The van der Waals surface area contributed by atoms with E-state index in [1.54, 1.807) is 18.2 Å². The number of phenols is 1. The number of amides is 1. The van der Waals surface area contributed by atoms with Crippen molar-refractivity contribution in [2.24, 2.45) is 5.92 Å². The molecule has 8 nitrogen and oxygen atoms in total. The first-order chi connectivity index (χ1) is 19.4. The van der Waals surface area contributed by atoms with E-state index in [-0.39, 0.29) is 28.3 Å². The van der Waals surface area contributed by atoms with Crippen molar-refractivity contribution in [3.05, 3.63) is 81.9 Å². The lowest BCUT2D eigenvalue weighted by Gasteiger charge is -2.26. The lowest BCUT2D eigenvalue weighted by Crippen LogP contribution is -2.39. The van der Waals surface area contributed by atoms with E-state index in [9.17, 15) is 19.5 Å². The molecule has 1 heterocycles. The van der Waals surface area contributed by atoms with Crippen LogP contribution >= 0.6 is 11.6 Å². The number of nitrogens with zero attached hydrogens (tertiary/aromatic N) is 2. The molecule has 2 N–H and O–H groups in total. The number of hydrogen-bond donors (Lipinski definition) is 2. The number of aryl methyl sites for hydroxylation is 1. The third-order valence-electron chi connectivity index (χ3n) is 7.71. The van der Waals surface area contributed by atoms with Crippen LogP contribution in [0, 0.1) is 5.92 Å². The number of imidazole rings is 1. The van der Waals surface area contributed by atoms with Crippen molar-refractivity contribution in [1.82, 2.24) is 14.9 Å². The summed E-state index contributed by atoms with van der Waals surface area (Å²) in [5.41, 5.74) is 2.44. The second kappa shape index (κ2) is 13.6. The van der Waals surface area contributed by atoms with E-state index in [2.05, 4.69) is 17.2 Å². The summed E-state index contributed by atoms with van der Waals surface area (Å²) in [7, 11) is 1.26. The topological polar surface area (TPSA) is 111 Å². The van der Waals surface area contributed by atoms with Crippen LogP contribution in [0.1, 0.15) is 90.4 Å². The zero-order valence-corrected chi connectivity index (χ0v) is 23.7. The molecule has 3 aromatic rings. The number of esters is 1. The Morgan fingerprint density at radius 3 is 2.50 bits per heavy atom. The van der Waals surface area contributed by atoms with Gasteiger partial charge in [0, 0.05) is 18.5 Å². The van der Waals surface area contributed by atoms with Crippen LogP contribution in [0.25, 0.3) is 0 Å². The van der Waals surface area contributed by atoms with E-state index in [0.717, 1.165) is 68.2 Å². The number of ether oxygens (including phenoxy) is 1. The predicted octanol–water partition coefficient (Wildman–Crippen LogP) is 5.75. The average molecular weight is 566 g/mol. The first-order valence-corrected chi connectivity index (χ1v) is 14.2. The smallest absolute Gasteiger partial charge is 0.333 e. The number of para-hydroxylation sites is 1. The monoisotopic (exact) mass is 565 g/mol. The van der Waals surface area contributed by atoms with Gasteiger partial charge < -0.3 is 19.7 Å². The Morgan fingerprint density at radius 1 is 1.18 bits per heavy atom. The largest absolute Gasteiger partial charge is 0.508 e. The first-order valence-electron chi connectivity index (χ1n) is 13.8. The fourth-order valence-corrected chi connectivity index (χ4v) is 5.83. The van der Waals surface area contributed by atoms with E-state index < -0.39 is 17.9 Å². The highest BCUT2D eigenvalue weighted by Crippen LogP contribution is 2.38. The molecule has 0 bridgehead atoms. The summed E-state index contributed by atoms with van der Waals surface area (Å²) in [5, 5.41) is 13.4. The number of methoxy groups -OCH3 is 1. The van der Waals surface area contributed by atoms with Gasteiger partial charge in [-0.3, -0.25) is 9.59 Å². The van der Waals surface area contributed by atoms with Crippen molar-refractivity contribution in [2.75, 3.05) is 7.11 Å². The zero-order valence-electron chi connectivity index (χ0n) is 22.9. The maximum atomic E-state index is 13.8. The number of aromatic hydroxyl groups is 1. The summed E-state index contributed by atoms with van der Waals surface area (Å²) in [5.74, 6) is -0.595. The van der Waals surface area contributed by atoms with Crippen LogP contribution in [0.2, 0.25) is 5.15 Å². The van der Waals surface area contributed by atoms with E-state index in [1.807, 2.05) is 28.8 Å². The Bertz CT molecular complexity index is 1330. The molecule has 4 rings (SSSR count). The van der Waals surface area contributed by atoms with Gasteiger partial charge in [-0.2, -0.15) is 0 Å². The summed E-state index contributed by atoms with van der Waals surface area (Å²) in [6.07, 6.45) is 7.32. The number of hydrogen-bond acceptors (Lipinski definition) is 6. The van der Waals surface area contributed by atoms with Gasteiger partial charge >= 0.3 is 5.97 Å². The fourth-order valence-electron chi connectivity index (χ4n) is 5.58. The Balaban J connectivity index is 1.60. The summed E-state index contributed by atoms with van der Waals surface area (Å²) < 4.78 is 6.81. The molecular formula is C31H36ClN3O5. The van der Waals surface area contributed by atoms with Crippen molar-refractivity contribution in [3.63, 3.8) is 0 Å². The number of halogens is 1. The summed E-state index contributed by atoms with van der Waals surface area (Å²) in [6, 6.07) is 13.1.